The second-order valence-electron chi connectivity index (χ2n) is 4.09. The molecule has 0 saturated heterocycles. The maximum Gasteiger partial charge on any atom is 1.00 e. The van der Waals surface area contributed by atoms with E-state index in [4.69, 9.17) is 0 Å². The second-order valence-corrected chi connectivity index (χ2v) is 4.09. The second kappa shape index (κ2) is 3.51. The number of nitrogens with zero attached hydrogens (tertiary/aromatic N) is 1. The molecule has 1 heteroatoms. The Morgan fingerprint density at radius 3 is 3.15 bits per heavy atom. The lowest BCUT2D eigenvalue weighted by atomic mass is 10.0. The van der Waals surface area contributed by atoms with Gasteiger partial charge in [-0.1, -0.05) is 38.2 Å². The molecule has 0 aromatic rings. The van der Waals surface area contributed by atoms with E-state index in [1.165, 1.54) is 17.1 Å². The van der Waals surface area contributed by atoms with Gasteiger partial charge in [-0.05, 0) is 17.1 Å². The van der Waals surface area contributed by atoms with Gasteiger partial charge in [0, 0.05) is 19.6 Å². The molecule has 1 nitrogen and oxygen atoms in total. The molecular formula is C12H17N+. The van der Waals surface area contributed by atoms with Crippen molar-refractivity contribution in [1.82, 2.24) is 4.90 Å². The standard InChI is InChI=1S/C12H16N/c1-10(2)8-13-7-6-11-4-3-5-12(11)9-13/h3-6H,7-9H2,1-2H3/p+1. The maximum atomic E-state index is 2.47. The third kappa shape index (κ3) is 1.92. The van der Waals surface area contributed by atoms with Gasteiger partial charge in [0.25, 0.3) is 0 Å². The van der Waals surface area contributed by atoms with Crippen LogP contribution in [-0.4, -0.2) is 24.5 Å². The average molecular weight is 175 g/mol. The van der Waals surface area contributed by atoms with Crippen LogP contribution in [-0.2, 0) is 0 Å². The highest BCUT2D eigenvalue weighted by molar-refractivity contribution is 5.50. The molecule has 69 valence electrons. The average Bonchev–Trinajstić information content (AvgIpc) is 2.49. The molecule has 0 aromatic heterocycles. The number of hydrogen-bond acceptors (Lipinski definition) is 1. The highest BCUT2D eigenvalue weighted by atomic mass is 15.1. The third-order valence-electron chi connectivity index (χ3n) is 2.45. The Labute approximate surface area is 81.9 Å². The first-order chi connectivity index (χ1) is 6.25. The Kier molecular flexibility index (Phi) is 2.36. The number of allylic oxidation sites excluding steroid dienone is 3. The zero-order valence-electron chi connectivity index (χ0n) is 9.38. The van der Waals surface area contributed by atoms with Crippen molar-refractivity contribution in [2.45, 2.75) is 13.8 Å². The van der Waals surface area contributed by atoms with Crippen LogP contribution in [0.3, 0.4) is 0 Å². The summed E-state index contributed by atoms with van der Waals surface area (Å²) in [6.07, 6.45) is 8.90. The summed E-state index contributed by atoms with van der Waals surface area (Å²) in [6.45, 7) is 7.73. The Morgan fingerprint density at radius 2 is 2.38 bits per heavy atom. The van der Waals surface area contributed by atoms with E-state index in [0.717, 1.165) is 19.6 Å². The van der Waals surface area contributed by atoms with Gasteiger partial charge in [-0.25, -0.2) is 0 Å². The van der Waals surface area contributed by atoms with Crippen molar-refractivity contribution in [3.05, 3.63) is 41.4 Å². The van der Waals surface area contributed by atoms with Gasteiger partial charge in [-0.2, -0.15) is 0 Å². The normalized spacial score (nSPS) is 21.8. The molecular weight excluding hydrogens is 158 g/mol. The van der Waals surface area contributed by atoms with Gasteiger partial charge in [-0.3, -0.25) is 4.90 Å². The van der Waals surface area contributed by atoms with Crippen molar-refractivity contribution < 1.29 is 1.43 Å². The topological polar surface area (TPSA) is 3.24 Å². The summed E-state index contributed by atoms with van der Waals surface area (Å²) < 4.78 is 0. The van der Waals surface area contributed by atoms with Crippen LogP contribution in [0.15, 0.2) is 35.5 Å². The largest absolute Gasteiger partial charge is 1.00 e. The minimum Gasteiger partial charge on any atom is -0.295 e. The predicted octanol–water partition coefficient (Wildman–Crippen LogP) is 2.45. The van der Waals surface area contributed by atoms with E-state index in [0.29, 0.717) is 0 Å². The quantitative estimate of drug-likeness (QED) is 0.623. The zero-order chi connectivity index (χ0) is 9.26. The first-order valence-corrected chi connectivity index (χ1v) is 4.85. The molecule has 0 saturated carbocycles. The molecule has 0 aromatic carbocycles. The summed E-state index contributed by atoms with van der Waals surface area (Å²) in [4.78, 5) is 2.47. The molecule has 0 N–H and O–H groups in total. The van der Waals surface area contributed by atoms with Crippen molar-refractivity contribution in [2.75, 3.05) is 19.6 Å². The van der Waals surface area contributed by atoms with E-state index in [2.05, 4.69) is 43.1 Å². The highest BCUT2D eigenvalue weighted by Gasteiger charge is 2.17. The minimum absolute atomic E-state index is 0. The fourth-order valence-corrected chi connectivity index (χ4v) is 1.91. The van der Waals surface area contributed by atoms with Crippen LogP contribution in [0.2, 0.25) is 0 Å². The molecule has 0 spiro atoms. The number of fused-ring (bicyclic) bond motifs is 1. The van der Waals surface area contributed by atoms with Gasteiger partial charge < -0.3 is 0 Å². The summed E-state index contributed by atoms with van der Waals surface area (Å²) in [5.41, 5.74) is 2.91. The lowest BCUT2D eigenvalue weighted by Gasteiger charge is -2.27. The predicted molar refractivity (Wildman–Crippen MR) is 57.4 cm³/mol. The van der Waals surface area contributed by atoms with Crippen molar-refractivity contribution in [1.29, 1.82) is 0 Å². The van der Waals surface area contributed by atoms with Crippen LogP contribution in [0.1, 0.15) is 15.3 Å². The molecule has 2 rings (SSSR count). The lowest BCUT2D eigenvalue weighted by molar-refractivity contribution is 0.334. The molecule has 1 aliphatic heterocycles. The third-order valence-corrected chi connectivity index (χ3v) is 2.45. The summed E-state index contributed by atoms with van der Waals surface area (Å²) in [6, 6.07) is 0. The van der Waals surface area contributed by atoms with Crippen LogP contribution >= 0.6 is 0 Å². The van der Waals surface area contributed by atoms with Crippen LogP contribution in [0.5, 0.6) is 0 Å². The van der Waals surface area contributed by atoms with E-state index in [1.807, 2.05) is 0 Å². The molecule has 13 heavy (non-hydrogen) atoms. The smallest absolute Gasteiger partial charge is 0.295 e. The van der Waals surface area contributed by atoms with Gasteiger partial charge >= 0.3 is 1.43 Å². The molecule has 2 aliphatic rings. The monoisotopic (exact) mass is 175 g/mol. The highest BCUT2D eigenvalue weighted by Crippen LogP contribution is 2.23. The van der Waals surface area contributed by atoms with Crippen LogP contribution < -0.4 is 0 Å². The van der Waals surface area contributed by atoms with Crippen LogP contribution in [0.25, 0.3) is 0 Å². The summed E-state index contributed by atoms with van der Waals surface area (Å²) in [5, 5.41) is 0. The fourth-order valence-electron chi connectivity index (χ4n) is 1.91. The number of hydrogen-bond donors (Lipinski definition) is 0. The fraction of sp³-hybridized carbons (Fsp3) is 0.417. The van der Waals surface area contributed by atoms with Crippen molar-refractivity contribution in [3.8, 4) is 0 Å². The van der Waals surface area contributed by atoms with E-state index >= 15 is 0 Å². The lowest BCUT2D eigenvalue weighted by Crippen LogP contribution is -2.32. The summed E-state index contributed by atoms with van der Waals surface area (Å²) in [7, 11) is 0. The molecule has 0 amide bonds. The Morgan fingerprint density at radius 1 is 1.54 bits per heavy atom. The SMILES string of the molecule is C[C](C)CN1CC=C2C=CC=C2C1.[H+]. The number of rotatable bonds is 2. The van der Waals surface area contributed by atoms with E-state index < -0.39 is 0 Å². The first kappa shape index (κ1) is 8.76. The van der Waals surface area contributed by atoms with E-state index in [1.54, 1.807) is 0 Å². The zero-order valence-corrected chi connectivity index (χ0v) is 8.38. The van der Waals surface area contributed by atoms with Crippen LogP contribution in [0, 0.1) is 5.92 Å². The van der Waals surface area contributed by atoms with Gasteiger partial charge in [0.2, 0.25) is 0 Å². The van der Waals surface area contributed by atoms with Gasteiger partial charge in [0.1, 0.15) is 0 Å². The molecule has 1 aliphatic carbocycles. The molecule has 0 unspecified atom stereocenters. The maximum absolute atomic E-state index is 2.47. The first-order valence-electron chi connectivity index (χ1n) is 4.85. The van der Waals surface area contributed by atoms with Crippen molar-refractivity contribution in [2.24, 2.45) is 0 Å². The molecule has 0 atom stereocenters. The summed E-state index contributed by atoms with van der Waals surface area (Å²) in [5.74, 6) is 1.49. The van der Waals surface area contributed by atoms with Crippen molar-refractivity contribution in [3.63, 3.8) is 0 Å². The molecule has 1 radical (unpaired) electrons. The Hall–Kier alpha value is -0.820. The minimum atomic E-state index is 0. The van der Waals surface area contributed by atoms with Crippen LogP contribution in [0.4, 0.5) is 0 Å². The van der Waals surface area contributed by atoms with Gasteiger partial charge in [-0.15, -0.1) is 0 Å². The molecule has 1 heterocycles. The van der Waals surface area contributed by atoms with E-state index in [9.17, 15) is 0 Å². The Balaban J connectivity index is 0.000000980. The van der Waals surface area contributed by atoms with Gasteiger partial charge in [0.15, 0.2) is 0 Å². The Bertz CT molecular complexity index is 287. The molecule has 0 fully saturated rings. The summed E-state index contributed by atoms with van der Waals surface area (Å²) >= 11 is 0. The van der Waals surface area contributed by atoms with Gasteiger partial charge in [0.05, 0.1) is 0 Å². The van der Waals surface area contributed by atoms with E-state index in [-0.39, 0.29) is 1.43 Å². The molecule has 0 bridgehead atoms. The van der Waals surface area contributed by atoms with Crippen molar-refractivity contribution >= 4 is 0 Å².